The summed E-state index contributed by atoms with van der Waals surface area (Å²) in [5, 5.41) is 13.7. The van der Waals surface area contributed by atoms with Crippen LogP contribution in [0, 0.1) is 5.82 Å². The fourth-order valence-electron chi connectivity index (χ4n) is 1.33. The van der Waals surface area contributed by atoms with Gasteiger partial charge in [-0.05, 0) is 25.1 Å². The van der Waals surface area contributed by atoms with Crippen LogP contribution in [0.25, 0.3) is 0 Å². The van der Waals surface area contributed by atoms with E-state index in [1.54, 1.807) is 6.92 Å². The van der Waals surface area contributed by atoms with Crippen molar-refractivity contribution in [3.05, 3.63) is 29.6 Å². The summed E-state index contributed by atoms with van der Waals surface area (Å²) in [7, 11) is 0. The maximum absolute atomic E-state index is 13.5. The molecule has 18 heavy (non-hydrogen) atoms. The van der Waals surface area contributed by atoms with Gasteiger partial charge in [-0.25, -0.2) is 4.39 Å². The maximum Gasteiger partial charge on any atom is 0.254 e. The second-order valence-corrected chi connectivity index (χ2v) is 3.93. The van der Waals surface area contributed by atoms with Crippen molar-refractivity contribution < 1.29 is 19.1 Å². The van der Waals surface area contributed by atoms with Crippen LogP contribution in [0.1, 0.15) is 24.2 Å². The molecular weight excluding hydrogens is 239 g/mol. The summed E-state index contributed by atoms with van der Waals surface area (Å²) >= 11 is 0. The number of aliphatic hydroxyl groups is 1. The Kier molecular flexibility index (Phi) is 4.79. The molecule has 1 rings (SSSR count). The summed E-state index contributed by atoms with van der Waals surface area (Å²) in [6, 6.07) is 3.24. The normalized spacial score (nSPS) is 11.8. The van der Waals surface area contributed by atoms with Crippen molar-refractivity contribution in [2.45, 2.75) is 19.9 Å². The molecule has 0 bridgehead atoms. The van der Waals surface area contributed by atoms with Crippen molar-refractivity contribution >= 4 is 17.5 Å². The highest BCUT2D eigenvalue weighted by molar-refractivity contribution is 5.97. The molecule has 3 N–H and O–H groups in total. The Morgan fingerprint density at radius 2 is 2.11 bits per heavy atom. The van der Waals surface area contributed by atoms with E-state index in [1.165, 1.54) is 19.1 Å². The molecule has 98 valence electrons. The van der Waals surface area contributed by atoms with E-state index in [0.29, 0.717) is 5.69 Å². The van der Waals surface area contributed by atoms with Crippen LogP contribution in [0.4, 0.5) is 10.1 Å². The summed E-state index contributed by atoms with van der Waals surface area (Å²) in [4.78, 5) is 22.6. The third kappa shape index (κ3) is 3.81. The lowest BCUT2D eigenvalue weighted by Crippen LogP contribution is -2.35. The van der Waals surface area contributed by atoms with Gasteiger partial charge in [0.15, 0.2) is 0 Å². The van der Waals surface area contributed by atoms with E-state index in [2.05, 4.69) is 10.6 Å². The maximum atomic E-state index is 13.5. The summed E-state index contributed by atoms with van der Waals surface area (Å²) in [6.45, 7) is 2.67. The van der Waals surface area contributed by atoms with Crippen molar-refractivity contribution in [3.8, 4) is 0 Å². The molecule has 1 unspecified atom stereocenters. The van der Waals surface area contributed by atoms with Crippen LogP contribution in [0.15, 0.2) is 18.2 Å². The zero-order valence-electron chi connectivity index (χ0n) is 10.2. The van der Waals surface area contributed by atoms with E-state index in [1.807, 2.05) is 0 Å². The lowest BCUT2D eigenvalue weighted by atomic mass is 10.1. The third-order valence-corrected chi connectivity index (χ3v) is 2.18. The lowest BCUT2D eigenvalue weighted by Gasteiger charge is -2.12. The minimum absolute atomic E-state index is 0.179. The van der Waals surface area contributed by atoms with Gasteiger partial charge >= 0.3 is 0 Å². The van der Waals surface area contributed by atoms with Crippen molar-refractivity contribution in [1.82, 2.24) is 5.32 Å². The summed E-state index contributed by atoms with van der Waals surface area (Å²) in [5.41, 5.74) is 0.159. The number of hydrogen-bond acceptors (Lipinski definition) is 3. The predicted molar refractivity (Wildman–Crippen MR) is 64.7 cm³/mol. The van der Waals surface area contributed by atoms with Crippen LogP contribution in [0.5, 0.6) is 0 Å². The van der Waals surface area contributed by atoms with Crippen LogP contribution in [0.3, 0.4) is 0 Å². The molecule has 1 aromatic rings. The Balaban J connectivity index is 2.92. The van der Waals surface area contributed by atoms with E-state index in [-0.39, 0.29) is 18.1 Å². The zero-order chi connectivity index (χ0) is 13.7. The average Bonchev–Trinajstić information content (AvgIpc) is 2.30. The highest BCUT2D eigenvalue weighted by Gasteiger charge is 2.14. The Bertz CT molecular complexity index is 463. The molecule has 0 radical (unpaired) electrons. The number of amides is 2. The molecule has 0 heterocycles. The highest BCUT2D eigenvalue weighted by atomic mass is 19.1. The van der Waals surface area contributed by atoms with Crippen molar-refractivity contribution in [2.75, 3.05) is 11.9 Å². The molecular formula is C12H15FN2O3. The Hall–Kier alpha value is -1.95. The monoisotopic (exact) mass is 254 g/mol. The first-order valence-electron chi connectivity index (χ1n) is 5.43. The number of anilines is 1. The molecule has 1 atom stereocenters. The van der Waals surface area contributed by atoms with E-state index in [9.17, 15) is 14.0 Å². The Morgan fingerprint density at radius 3 is 2.67 bits per heavy atom. The van der Waals surface area contributed by atoms with Gasteiger partial charge in [0.1, 0.15) is 5.82 Å². The first-order valence-corrected chi connectivity index (χ1v) is 5.43. The number of carbonyl (C=O) groups excluding carboxylic acids is 2. The number of halogens is 1. The summed E-state index contributed by atoms with van der Waals surface area (Å²) in [5.74, 6) is -1.63. The van der Waals surface area contributed by atoms with Crippen LogP contribution in [-0.4, -0.2) is 29.6 Å². The van der Waals surface area contributed by atoms with E-state index in [0.717, 1.165) is 6.07 Å². The first-order chi connectivity index (χ1) is 8.43. The first kappa shape index (κ1) is 14.1. The van der Waals surface area contributed by atoms with Crippen molar-refractivity contribution in [3.63, 3.8) is 0 Å². The van der Waals surface area contributed by atoms with Gasteiger partial charge in [0.25, 0.3) is 5.91 Å². The van der Waals surface area contributed by atoms with Crippen LogP contribution >= 0.6 is 0 Å². The van der Waals surface area contributed by atoms with E-state index < -0.39 is 17.8 Å². The van der Waals surface area contributed by atoms with Crippen LogP contribution < -0.4 is 10.6 Å². The molecule has 0 saturated heterocycles. The molecule has 5 nitrogen and oxygen atoms in total. The number of hydrogen-bond donors (Lipinski definition) is 3. The van der Waals surface area contributed by atoms with Gasteiger partial charge in [0, 0.05) is 18.7 Å². The zero-order valence-corrected chi connectivity index (χ0v) is 10.2. The third-order valence-electron chi connectivity index (χ3n) is 2.18. The molecule has 0 spiro atoms. The van der Waals surface area contributed by atoms with Gasteiger partial charge < -0.3 is 15.7 Å². The molecule has 0 aliphatic rings. The SMILES string of the molecule is CC(=O)Nc1ccc(F)c(C(=O)NC(C)CO)c1. The van der Waals surface area contributed by atoms with Gasteiger partial charge in [-0.2, -0.15) is 0 Å². The molecule has 0 saturated carbocycles. The second-order valence-electron chi connectivity index (χ2n) is 3.93. The molecule has 0 fully saturated rings. The van der Waals surface area contributed by atoms with Gasteiger partial charge in [0.2, 0.25) is 5.91 Å². The fourth-order valence-corrected chi connectivity index (χ4v) is 1.33. The quantitative estimate of drug-likeness (QED) is 0.746. The predicted octanol–water partition coefficient (Wildman–Crippen LogP) is 0.895. The van der Waals surface area contributed by atoms with Crippen molar-refractivity contribution in [1.29, 1.82) is 0 Å². The standard InChI is InChI=1S/C12H15FN2O3/c1-7(6-16)14-12(18)10-5-9(15-8(2)17)3-4-11(10)13/h3-5,7,16H,6H2,1-2H3,(H,14,18)(H,15,17). The number of carbonyl (C=O) groups is 2. The molecule has 0 aliphatic heterocycles. The Labute approximate surface area is 104 Å². The number of benzene rings is 1. The molecule has 6 heteroatoms. The fraction of sp³-hybridized carbons (Fsp3) is 0.333. The van der Waals surface area contributed by atoms with Crippen LogP contribution in [0.2, 0.25) is 0 Å². The van der Waals surface area contributed by atoms with Gasteiger partial charge in [0.05, 0.1) is 12.2 Å². The molecule has 1 aromatic carbocycles. The lowest BCUT2D eigenvalue weighted by molar-refractivity contribution is -0.114. The minimum Gasteiger partial charge on any atom is -0.394 e. The number of rotatable bonds is 4. The smallest absolute Gasteiger partial charge is 0.254 e. The second kappa shape index (κ2) is 6.11. The number of nitrogens with one attached hydrogen (secondary N) is 2. The average molecular weight is 254 g/mol. The topological polar surface area (TPSA) is 78.4 Å². The number of aliphatic hydroxyl groups excluding tert-OH is 1. The summed E-state index contributed by atoms with van der Waals surface area (Å²) in [6.07, 6.45) is 0. The Morgan fingerprint density at radius 1 is 1.44 bits per heavy atom. The van der Waals surface area contributed by atoms with Gasteiger partial charge in [-0.1, -0.05) is 0 Å². The van der Waals surface area contributed by atoms with E-state index in [4.69, 9.17) is 5.11 Å². The molecule has 0 aliphatic carbocycles. The van der Waals surface area contributed by atoms with Crippen LogP contribution in [-0.2, 0) is 4.79 Å². The minimum atomic E-state index is -0.688. The highest BCUT2D eigenvalue weighted by Crippen LogP contribution is 2.15. The van der Waals surface area contributed by atoms with Gasteiger partial charge in [-0.3, -0.25) is 9.59 Å². The van der Waals surface area contributed by atoms with Crippen molar-refractivity contribution in [2.24, 2.45) is 0 Å². The molecule has 0 aromatic heterocycles. The molecule has 2 amide bonds. The summed E-state index contributed by atoms with van der Waals surface area (Å²) < 4.78 is 13.5. The van der Waals surface area contributed by atoms with Gasteiger partial charge in [-0.15, -0.1) is 0 Å². The van der Waals surface area contributed by atoms with E-state index >= 15 is 0 Å². The largest absolute Gasteiger partial charge is 0.394 e.